The van der Waals surface area contributed by atoms with Crippen molar-refractivity contribution in [3.63, 3.8) is 0 Å². The Kier molecular flexibility index (Phi) is 9.04. The van der Waals surface area contributed by atoms with Gasteiger partial charge in [-0.05, 0) is 25.7 Å². The monoisotopic (exact) mass is 294 g/mol. The molecule has 0 aliphatic heterocycles. The zero-order valence-corrected chi connectivity index (χ0v) is 12.3. The fourth-order valence-corrected chi connectivity index (χ4v) is 1.57. The molecule has 1 unspecified atom stereocenters. The average Bonchev–Trinajstić information content (AvgIpc) is 2.97. The fourth-order valence-electron chi connectivity index (χ4n) is 1.57. The molecule has 0 saturated heterocycles. The van der Waals surface area contributed by atoms with Gasteiger partial charge in [0.25, 0.3) is 0 Å². The first-order chi connectivity index (χ1) is 10.2. The number of rotatable bonds is 11. The first-order valence-electron chi connectivity index (χ1n) is 6.93. The Balaban J connectivity index is 1.92. The van der Waals surface area contributed by atoms with Crippen LogP contribution in [-0.2, 0) is 20.8 Å². The summed E-state index contributed by atoms with van der Waals surface area (Å²) in [6, 6.07) is 0.00345. The number of carbonyl (C=O) groups excluding carboxylic acids is 1. The van der Waals surface area contributed by atoms with Gasteiger partial charge in [0.2, 0.25) is 5.78 Å². The highest BCUT2D eigenvalue weighted by atomic mass is 16.5. The summed E-state index contributed by atoms with van der Waals surface area (Å²) in [4.78, 5) is 11.1. The summed E-state index contributed by atoms with van der Waals surface area (Å²) in [6.45, 7) is 3.96. The van der Waals surface area contributed by atoms with Crippen molar-refractivity contribution in [1.82, 2.24) is 15.0 Å². The minimum absolute atomic E-state index is 0.00345. The van der Waals surface area contributed by atoms with Gasteiger partial charge in [0.15, 0.2) is 0 Å². The van der Waals surface area contributed by atoms with Crippen LogP contribution in [0, 0.1) is 11.8 Å². The molecule has 0 bridgehead atoms. The Morgan fingerprint density at radius 2 is 2.10 bits per heavy atom. The Labute approximate surface area is 124 Å². The third-order valence-corrected chi connectivity index (χ3v) is 2.70. The molecule has 0 radical (unpaired) electrons. The second kappa shape index (κ2) is 11.0. The molecule has 2 N–H and O–H groups in total. The first-order valence-corrected chi connectivity index (χ1v) is 6.93. The highest BCUT2D eigenvalue weighted by molar-refractivity contribution is 5.96. The summed E-state index contributed by atoms with van der Waals surface area (Å²) < 4.78 is 12.4. The lowest BCUT2D eigenvalue weighted by Gasteiger charge is -2.11. The van der Waals surface area contributed by atoms with Crippen molar-refractivity contribution in [2.45, 2.75) is 32.4 Å². The number of Topliss-reactive ketones (excluding diaryl/α,β-unsaturated/α-hetero) is 1. The van der Waals surface area contributed by atoms with Gasteiger partial charge in [0.05, 0.1) is 19.3 Å². The number of carbonyl (C=O) groups is 1. The molecule has 0 aliphatic carbocycles. The summed E-state index contributed by atoms with van der Waals surface area (Å²) >= 11 is 0. The number of ketones is 1. The van der Waals surface area contributed by atoms with E-state index in [2.05, 4.69) is 22.2 Å². The second-order valence-electron chi connectivity index (χ2n) is 4.47. The van der Waals surface area contributed by atoms with Crippen molar-refractivity contribution in [1.29, 1.82) is 0 Å². The lowest BCUT2D eigenvalue weighted by molar-refractivity contribution is -0.118. The van der Waals surface area contributed by atoms with E-state index in [1.165, 1.54) is 0 Å². The van der Waals surface area contributed by atoms with Gasteiger partial charge in [-0.1, -0.05) is 11.1 Å². The number of hydrogen-bond donors (Lipinski definition) is 1. The van der Waals surface area contributed by atoms with E-state index in [9.17, 15) is 4.79 Å². The maximum Gasteiger partial charge on any atom is 0.231 e. The molecule has 0 aliphatic rings. The summed E-state index contributed by atoms with van der Waals surface area (Å²) in [6.07, 6.45) is 4.87. The average molecular weight is 294 g/mol. The minimum atomic E-state index is -0.206. The van der Waals surface area contributed by atoms with Gasteiger partial charge in [-0.25, -0.2) is 0 Å². The molecule has 1 aromatic heterocycles. The van der Waals surface area contributed by atoms with E-state index in [1.807, 2.05) is 0 Å². The molecule has 0 fully saturated rings. The van der Waals surface area contributed by atoms with Crippen molar-refractivity contribution in [3.8, 4) is 11.8 Å². The van der Waals surface area contributed by atoms with Crippen molar-refractivity contribution >= 4 is 5.78 Å². The SMILES string of the molecule is CC#CC(=O)COCCC(N)CCOCCn1ccnn1. The molecule has 1 aromatic rings. The molecule has 1 rings (SSSR count). The summed E-state index contributed by atoms with van der Waals surface area (Å²) in [5.74, 6) is 4.75. The molecule has 0 saturated carbocycles. The Bertz CT molecular complexity index is 451. The lowest BCUT2D eigenvalue weighted by atomic mass is 10.2. The van der Waals surface area contributed by atoms with Crippen molar-refractivity contribution in [2.75, 3.05) is 26.4 Å². The van der Waals surface area contributed by atoms with Crippen molar-refractivity contribution in [3.05, 3.63) is 12.4 Å². The van der Waals surface area contributed by atoms with Crippen molar-refractivity contribution < 1.29 is 14.3 Å². The maximum atomic E-state index is 11.1. The zero-order valence-electron chi connectivity index (χ0n) is 12.3. The predicted octanol–water partition coefficient (Wildman–Crippen LogP) is 0.0112. The molecule has 7 nitrogen and oxygen atoms in total. The van der Waals surface area contributed by atoms with Crippen LogP contribution in [0.3, 0.4) is 0 Å². The molecule has 21 heavy (non-hydrogen) atoms. The molecule has 1 atom stereocenters. The normalized spacial score (nSPS) is 11.7. The van der Waals surface area contributed by atoms with E-state index < -0.39 is 0 Å². The number of aromatic nitrogens is 3. The number of nitrogens with zero attached hydrogens (tertiary/aromatic N) is 3. The summed E-state index contributed by atoms with van der Waals surface area (Å²) in [7, 11) is 0. The predicted molar refractivity (Wildman–Crippen MR) is 77.3 cm³/mol. The molecule has 7 heteroatoms. The van der Waals surface area contributed by atoms with Gasteiger partial charge < -0.3 is 15.2 Å². The van der Waals surface area contributed by atoms with E-state index >= 15 is 0 Å². The van der Waals surface area contributed by atoms with Crippen LogP contribution >= 0.6 is 0 Å². The van der Waals surface area contributed by atoms with Gasteiger partial charge in [-0.2, -0.15) is 0 Å². The smallest absolute Gasteiger partial charge is 0.231 e. The third-order valence-electron chi connectivity index (χ3n) is 2.70. The largest absolute Gasteiger partial charge is 0.379 e. The molecular formula is C14H22N4O3. The summed E-state index contributed by atoms with van der Waals surface area (Å²) in [5.41, 5.74) is 5.93. The lowest BCUT2D eigenvalue weighted by Crippen LogP contribution is -2.24. The minimum Gasteiger partial charge on any atom is -0.379 e. The molecule has 116 valence electrons. The topological polar surface area (TPSA) is 92.3 Å². The molecular weight excluding hydrogens is 272 g/mol. The number of hydrogen-bond acceptors (Lipinski definition) is 6. The standard InChI is InChI=1S/C14H22N4O3/c1-2-3-14(19)12-21-10-5-13(15)4-9-20-11-8-18-7-6-16-17-18/h6-7,13H,4-5,8-12,15H2,1H3. The zero-order chi connectivity index (χ0) is 15.3. The maximum absolute atomic E-state index is 11.1. The Hall–Kier alpha value is -1.75. The fraction of sp³-hybridized carbons (Fsp3) is 0.643. The molecule has 1 heterocycles. The second-order valence-corrected chi connectivity index (χ2v) is 4.47. The first kappa shape index (κ1) is 17.3. The van der Waals surface area contributed by atoms with E-state index in [4.69, 9.17) is 15.2 Å². The number of nitrogens with two attached hydrogens (primary N) is 1. The third kappa shape index (κ3) is 8.92. The van der Waals surface area contributed by atoms with Crippen LogP contribution in [0.25, 0.3) is 0 Å². The molecule has 0 aromatic carbocycles. The van der Waals surface area contributed by atoms with Gasteiger partial charge in [0.1, 0.15) is 6.61 Å². The van der Waals surface area contributed by atoms with Crippen LogP contribution in [0.2, 0.25) is 0 Å². The van der Waals surface area contributed by atoms with Crippen LogP contribution in [-0.4, -0.2) is 53.2 Å². The van der Waals surface area contributed by atoms with Gasteiger partial charge in [-0.3, -0.25) is 9.48 Å². The van der Waals surface area contributed by atoms with Crippen molar-refractivity contribution in [2.24, 2.45) is 5.73 Å². The van der Waals surface area contributed by atoms with E-state index in [0.717, 1.165) is 6.42 Å². The van der Waals surface area contributed by atoms with E-state index in [0.29, 0.717) is 32.8 Å². The highest BCUT2D eigenvalue weighted by Crippen LogP contribution is 1.97. The molecule has 0 amide bonds. The van der Waals surface area contributed by atoms with E-state index in [-0.39, 0.29) is 18.4 Å². The van der Waals surface area contributed by atoms with Crippen LogP contribution in [0.5, 0.6) is 0 Å². The Morgan fingerprint density at radius 3 is 2.76 bits per heavy atom. The summed E-state index contributed by atoms with van der Waals surface area (Å²) in [5, 5.41) is 7.54. The quantitative estimate of drug-likeness (QED) is 0.351. The van der Waals surface area contributed by atoms with Gasteiger partial charge in [-0.15, -0.1) is 5.10 Å². The van der Waals surface area contributed by atoms with Crippen LogP contribution < -0.4 is 5.73 Å². The van der Waals surface area contributed by atoms with Crippen LogP contribution in [0.15, 0.2) is 12.4 Å². The van der Waals surface area contributed by atoms with Crippen LogP contribution in [0.4, 0.5) is 0 Å². The molecule has 0 spiro atoms. The number of ether oxygens (including phenoxy) is 2. The van der Waals surface area contributed by atoms with Gasteiger partial charge in [0, 0.05) is 25.5 Å². The van der Waals surface area contributed by atoms with E-state index in [1.54, 1.807) is 24.0 Å². The van der Waals surface area contributed by atoms with Gasteiger partial charge >= 0.3 is 0 Å². The highest BCUT2D eigenvalue weighted by Gasteiger charge is 2.04. The Morgan fingerprint density at radius 1 is 1.33 bits per heavy atom. The van der Waals surface area contributed by atoms with Crippen LogP contribution in [0.1, 0.15) is 19.8 Å².